The minimum atomic E-state index is -0.551. The third-order valence-electron chi connectivity index (χ3n) is 3.58. The Kier molecular flexibility index (Phi) is 4.56. The molecule has 0 bridgehead atoms. The molecule has 2 amide bonds. The molecule has 3 rings (SSSR count). The van der Waals surface area contributed by atoms with Crippen molar-refractivity contribution in [2.24, 2.45) is 0 Å². The standard InChI is InChI=1S/C18H16N2O5/c1-23-14-8-7-12(10-15(14)24-2)17(21)19-20-18(22)16-9-11-5-3-4-6-13(11)25-16/h3-10H,1-2H3,(H,19,21)(H,20,22). The quantitative estimate of drug-likeness (QED) is 0.712. The van der Waals surface area contributed by atoms with Gasteiger partial charge in [-0.25, -0.2) is 0 Å². The molecule has 25 heavy (non-hydrogen) atoms. The third kappa shape index (κ3) is 3.40. The van der Waals surface area contributed by atoms with Gasteiger partial charge in [-0.15, -0.1) is 0 Å². The normalized spacial score (nSPS) is 10.3. The lowest BCUT2D eigenvalue weighted by atomic mass is 10.2. The summed E-state index contributed by atoms with van der Waals surface area (Å²) in [7, 11) is 2.98. The zero-order chi connectivity index (χ0) is 17.8. The van der Waals surface area contributed by atoms with Gasteiger partial charge in [-0.05, 0) is 30.3 Å². The highest BCUT2D eigenvalue weighted by Crippen LogP contribution is 2.27. The number of para-hydroxylation sites is 1. The summed E-state index contributed by atoms with van der Waals surface area (Å²) in [4.78, 5) is 24.3. The van der Waals surface area contributed by atoms with E-state index in [1.54, 1.807) is 24.3 Å². The van der Waals surface area contributed by atoms with Crippen LogP contribution < -0.4 is 20.3 Å². The van der Waals surface area contributed by atoms with Gasteiger partial charge in [0.1, 0.15) is 5.58 Å². The second kappa shape index (κ2) is 6.96. The van der Waals surface area contributed by atoms with E-state index in [-0.39, 0.29) is 5.76 Å². The Bertz CT molecular complexity index is 899. The second-order valence-electron chi connectivity index (χ2n) is 5.13. The molecule has 128 valence electrons. The molecule has 1 heterocycles. The van der Waals surface area contributed by atoms with E-state index in [1.807, 2.05) is 18.2 Å². The first-order valence-corrected chi connectivity index (χ1v) is 7.43. The molecule has 0 aliphatic carbocycles. The van der Waals surface area contributed by atoms with E-state index in [9.17, 15) is 9.59 Å². The minimum absolute atomic E-state index is 0.105. The first-order chi connectivity index (χ1) is 12.1. The largest absolute Gasteiger partial charge is 0.493 e. The van der Waals surface area contributed by atoms with Gasteiger partial charge in [-0.1, -0.05) is 18.2 Å². The number of ether oxygens (including phenoxy) is 2. The van der Waals surface area contributed by atoms with Crippen molar-refractivity contribution < 1.29 is 23.5 Å². The van der Waals surface area contributed by atoms with Crippen LogP contribution in [0, 0.1) is 0 Å². The fourth-order valence-electron chi connectivity index (χ4n) is 2.32. The molecule has 0 aliphatic heterocycles. The van der Waals surface area contributed by atoms with Gasteiger partial charge in [0.15, 0.2) is 17.3 Å². The number of furan rings is 1. The third-order valence-corrected chi connectivity index (χ3v) is 3.58. The van der Waals surface area contributed by atoms with Crippen LogP contribution in [0.2, 0.25) is 0 Å². The number of hydrogen-bond acceptors (Lipinski definition) is 5. The molecule has 2 aromatic carbocycles. The predicted octanol–water partition coefficient (Wildman–Crippen LogP) is 2.52. The first-order valence-electron chi connectivity index (χ1n) is 7.43. The number of benzene rings is 2. The maximum atomic E-state index is 12.2. The topological polar surface area (TPSA) is 89.8 Å². The van der Waals surface area contributed by atoms with Gasteiger partial charge < -0.3 is 13.9 Å². The maximum absolute atomic E-state index is 12.2. The number of carbonyl (C=O) groups is 2. The molecule has 0 radical (unpaired) electrons. The van der Waals surface area contributed by atoms with Crippen molar-refractivity contribution >= 4 is 22.8 Å². The van der Waals surface area contributed by atoms with E-state index in [1.165, 1.54) is 20.3 Å². The van der Waals surface area contributed by atoms with Gasteiger partial charge in [0.25, 0.3) is 5.91 Å². The van der Waals surface area contributed by atoms with Crippen molar-refractivity contribution in [2.45, 2.75) is 0 Å². The Morgan fingerprint density at radius 1 is 0.880 bits per heavy atom. The summed E-state index contributed by atoms with van der Waals surface area (Å²) >= 11 is 0. The molecule has 7 nitrogen and oxygen atoms in total. The lowest BCUT2D eigenvalue weighted by molar-refractivity contribution is 0.0832. The molecule has 7 heteroatoms. The van der Waals surface area contributed by atoms with Gasteiger partial charge in [0.05, 0.1) is 14.2 Å². The van der Waals surface area contributed by atoms with Gasteiger partial charge in [0, 0.05) is 10.9 Å². The number of hydrogen-bond donors (Lipinski definition) is 2. The Morgan fingerprint density at radius 3 is 2.32 bits per heavy atom. The molecule has 0 fully saturated rings. The molecule has 0 atom stereocenters. The summed E-state index contributed by atoms with van der Waals surface area (Å²) in [6.07, 6.45) is 0. The van der Waals surface area contributed by atoms with Gasteiger partial charge in [0.2, 0.25) is 0 Å². The van der Waals surface area contributed by atoms with Crippen LogP contribution in [0.25, 0.3) is 11.0 Å². The van der Waals surface area contributed by atoms with Gasteiger partial charge >= 0.3 is 5.91 Å². The van der Waals surface area contributed by atoms with Crippen LogP contribution in [-0.2, 0) is 0 Å². The molecular weight excluding hydrogens is 324 g/mol. The molecule has 2 N–H and O–H groups in total. The van der Waals surface area contributed by atoms with Crippen molar-refractivity contribution in [2.75, 3.05) is 14.2 Å². The van der Waals surface area contributed by atoms with Crippen LogP contribution >= 0.6 is 0 Å². The van der Waals surface area contributed by atoms with Crippen molar-refractivity contribution in [1.82, 2.24) is 10.9 Å². The average molecular weight is 340 g/mol. The number of rotatable bonds is 4. The molecule has 0 aliphatic rings. The molecule has 0 saturated carbocycles. The van der Waals surface area contributed by atoms with E-state index in [0.29, 0.717) is 22.6 Å². The summed E-state index contributed by atoms with van der Waals surface area (Å²) in [5.41, 5.74) is 5.56. The van der Waals surface area contributed by atoms with Crippen molar-refractivity contribution in [3.05, 3.63) is 59.9 Å². The maximum Gasteiger partial charge on any atom is 0.305 e. The second-order valence-corrected chi connectivity index (χ2v) is 5.13. The number of hydrazine groups is 1. The highest BCUT2D eigenvalue weighted by Gasteiger charge is 2.15. The summed E-state index contributed by atoms with van der Waals surface area (Å²) < 4.78 is 15.7. The van der Waals surface area contributed by atoms with Gasteiger partial charge in [-0.2, -0.15) is 0 Å². The smallest absolute Gasteiger partial charge is 0.305 e. The molecule has 0 unspecified atom stereocenters. The van der Waals surface area contributed by atoms with Crippen molar-refractivity contribution in [3.63, 3.8) is 0 Å². The summed E-state index contributed by atoms with van der Waals surface area (Å²) in [5, 5.41) is 0.805. The lowest BCUT2D eigenvalue weighted by Gasteiger charge is -2.10. The van der Waals surface area contributed by atoms with E-state index in [4.69, 9.17) is 13.9 Å². The number of fused-ring (bicyclic) bond motifs is 1. The van der Waals surface area contributed by atoms with E-state index < -0.39 is 11.8 Å². The summed E-state index contributed by atoms with van der Waals surface area (Å²) in [5.74, 6) is -0.0200. The van der Waals surface area contributed by atoms with E-state index >= 15 is 0 Å². The zero-order valence-electron chi connectivity index (χ0n) is 13.7. The number of methoxy groups -OCH3 is 2. The van der Waals surface area contributed by atoms with Crippen LogP contribution in [0.5, 0.6) is 11.5 Å². The van der Waals surface area contributed by atoms with Crippen LogP contribution in [0.1, 0.15) is 20.9 Å². The molecule has 1 aromatic heterocycles. The average Bonchev–Trinajstić information content (AvgIpc) is 3.09. The zero-order valence-corrected chi connectivity index (χ0v) is 13.7. The fourth-order valence-corrected chi connectivity index (χ4v) is 2.32. The summed E-state index contributed by atoms with van der Waals surface area (Å²) in [6, 6.07) is 13.5. The highest BCUT2D eigenvalue weighted by molar-refractivity contribution is 6.00. The van der Waals surface area contributed by atoms with Crippen LogP contribution in [0.15, 0.2) is 52.9 Å². The number of nitrogens with one attached hydrogen (secondary N) is 2. The van der Waals surface area contributed by atoms with Crippen LogP contribution in [0.4, 0.5) is 0 Å². The SMILES string of the molecule is COc1ccc(C(=O)NNC(=O)c2cc3ccccc3o2)cc1OC. The monoisotopic (exact) mass is 340 g/mol. The van der Waals surface area contributed by atoms with Crippen molar-refractivity contribution in [1.29, 1.82) is 0 Å². The lowest BCUT2D eigenvalue weighted by Crippen LogP contribution is -2.41. The Balaban J connectivity index is 1.68. The first kappa shape index (κ1) is 16.4. The van der Waals surface area contributed by atoms with Gasteiger partial charge in [-0.3, -0.25) is 20.4 Å². The van der Waals surface area contributed by atoms with Crippen LogP contribution in [0.3, 0.4) is 0 Å². The number of carbonyl (C=O) groups excluding carboxylic acids is 2. The molecular formula is C18H16N2O5. The fraction of sp³-hybridized carbons (Fsp3) is 0.111. The Labute approximate surface area is 143 Å². The predicted molar refractivity (Wildman–Crippen MR) is 90.7 cm³/mol. The Morgan fingerprint density at radius 2 is 1.60 bits per heavy atom. The van der Waals surface area contributed by atoms with E-state index in [0.717, 1.165) is 5.39 Å². The number of amides is 2. The molecule has 3 aromatic rings. The highest BCUT2D eigenvalue weighted by atomic mass is 16.5. The molecule has 0 spiro atoms. The minimum Gasteiger partial charge on any atom is -0.493 e. The van der Waals surface area contributed by atoms with Crippen LogP contribution in [-0.4, -0.2) is 26.0 Å². The van der Waals surface area contributed by atoms with Crippen molar-refractivity contribution in [3.8, 4) is 11.5 Å². The Hall–Kier alpha value is -3.48. The van der Waals surface area contributed by atoms with E-state index in [2.05, 4.69) is 10.9 Å². The summed E-state index contributed by atoms with van der Waals surface area (Å²) in [6.45, 7) is 0. The molecule has 0 saturated heterocycles.